The molecule has 1 saturated heterocycles. The van der Waals surface area contributed by atoms with E-state index in [-0.39, 0.29) is 0 Å². The molecule has 0 atom stereocenters. The fraction of sp³-hybridized carbons (Fsp3) is 0.250. The number of piperazine rings is 1. The summed E-state index contributed by atoms with van der Waals surface area (Å²) in [4.78, 5) is 11.5. The highest BCUT2D eigenvalue weighted by Gasteiger charge is 2.19. The van der Waals surface area contributed by atoms with Crippen LogP contribution in [-0.2, 0) is 0 Å². The third-order valence-corrected chi connectivity index (χ3v) is 5.79. The molecule has 1 aliphatic heterocycles. The van der Waals surface area contributed by atoms with E-state index in [2.05, 4.69) is 68.2 Å². The van der Waals surface area contributed by atoms with Crippen molar-refractivity contribution in [3.05, 3.63) is 73.1 Å². The molecule has 7 heteroatoms. The van der Waals surface area contributed by atoms with Crippen molar-refractivity contribution in [3.8, 4) is 5.75 Å². The SMILES string of the molecule is COc1ccc(N(c2cccc(N3CCN(C)CC3)c2)c2ccnc3ccnn23)cc1. The summed E-state index contributed by atoms with van der Waals surface area (Å²) in [5.74, 6) is 1.75. The fourth-order valence-electron chi connectivity index (χ4n) is 4.03. The van der Waals surface area contributed by atoms with Crippen molar-refractivity contribution in [2.24, 2.45) is 0 Å². The Kier molecular flexibility index (Phi) is 5.18. The summed E-state index contributed by atoms with van der Waals surface area (Å²) >= 11 is 0. The maximum absolute atomic E-state index is 5.37. The zero-order chi connectivity index (χ0) is 21.2. The van der Waals surface area contributed by atoms with E-state index >= 15 is 0 Å². The number of nitrogens with zero attached hydrogens (tertiary/aromatic N) is 6. The second-order valence-corrected chi connectivity index (χ2v) is 7.75. The molecule has 2 aromatic carbocycles. The van der Waals surface area contributed by atoms with E-state index in [4.69, 9.17) is 4.74 Å². The predicted molar refractivity (Wildman–Crippen MR) is 124 cm³/mol. The number of fused-ring (bicyclic) bond motifs is 1. The van der Waals surface area contributed by atoms with Crippen LogP contribution < -0.4 is 14.5 Å². The van der Waals surface area contributed by atoms with Gasteiger partial charge in [0.25, 0.3) is 0 Å². The van der Waals surface area contributed by atoms with Crippen LogP contribution in [0, 0.1) is 0 Å². The van der Waals surface area contributed by atoms with E-state index in [1.165, 1.54) is 5.69 Å². The lowest BCUT2D eigenvalue weighted by atomic mass is 10.2. The molecule has 0 saturated carbocycles. The summed E-state index contributed by atoms with van der Waals surface area (Å²) in [7, 11) is 3.86. The van der Waals surface area contributed by atoms with Gasteiger partial charge in [-0.15, -0.1) is 0 Å². The summed E-state index contributed by atoms with van der Waals surface area (Å²) < 4.78 is 7.24. The Hall–Kier alpha value is -3.58. The number of hydrogen-bond donors (Lipinski definition) is 0. The fourth-order valence-corrected chi connectivity index (χ4v) is 4.03. The Morgan fingerprint density at radius 2 is 1.68 bits per heavy atom. The number of benzene rings is 2. The maximum Gasteiger partial charge on any atom is 0.157 e. The minimum atomic E-state index is 0.811. The van der Waals surface area contributed by atoms with Crippen LogP contribution >= 0.6 is 0 Å². The van der Waals surface area contributed by atoms with Crippen molar-refractivity contribution in [2.45, 2.75) is 0 Å². The molecule has 31 heavy (non-hydrogen) atoms. The number of hydrogen-bond acceptors (Lipinski definition) is 6. The highest BCUT2D eigenvalue weighted by molar-refractivity contribution is 5.77. The van der Waals surface area contributed by atoms with Crippen LogP contribution in [0.1, 0.15) is 0 Å². The number of likely N-dealkylation sites (N-methyl/N-ethyl adjacent to an activating group) is 1. The molecular formula is C24H26N6O. The van der Waals surface area contributed by atoms with Crippen LogP contribution in [0.3, 0.4) is 0 Å². The van der Waals surface area contributed by atoms with Crippen LogP contribution in [0.4, 0.5) is 22.9 Å². The van der Waals surface area contributed by atoms with Crippen LogP contribution in [0.15, 0.2) is 73.1 Å². The molecule has 158 valence electrons. The number of anilines is 4. The number of aromatic nitrogens is 3. The van der Waals surface area contributed by atoms with Gasteiger partial charge < -0.3 is 14.5 Å². The van der Waals surface area contributed by atoms with Crippen molar-refractivity contribution >= 4 is 28.5 Å². The van der Waals surface area contributed by atoms with Gasteiger partial charge in [-0.3, -0.25) is 4.90 Å². The molecule has 0 amide bonds. The van der Waals surface area contributed by atoms with Gasteiger partial charge >= 0.3 is 0 Å². The van der Waals surface area contributed by atoms with E-state index < -0.39 is 0 Å². The molecule has 0 bridgehead atoms. The molecule has 0 radical (unpaired) electrons. The average molecular weight is 415 g/mol. The van der Waals surface area contributed by atoms with Gasteiger partial charge in [0.2, 0.25) is 0 Å². The van der Waals surface area contributed by atoms with E-state index in [9.17, 15) is 0 Å². The molecule has 0 spiro atoms. The topological polar surface area (TPSA) is 49.1 Å². The van der Waals surface area contributed by atoms with Gasteiger partial charge in [-0.05, 0) is 55.6 Å². The summed E-state index contributed by atoms with van der Waals surface area (Å²) in [5.41, 5.74) is 4.14. The Labute approximate surface area is 182 Å². The van der Waals surface area contributed by atoms with E-state index in [1.54, 1.807) is 13.3 Å². The predicted octanol–water partition coefficient (Wildman–Crippen LogP) is 3.96. The monoisotopic (exact) mass is 414 g/mol. The molecule has 1 aliphatic rings. The molecule has 0 aliphatic carbocycles. The molecule has 0 N–H and O–H groups in total. The minimum Gasteiger partial charge on any atom is -0.497 e. The molecule has 5 rings (SSSR count). The van der Waals surface area contributed by atoms with E-state index in [0.717, 1.165) is 54.8 Å². The molecule has 1 fully saturated rings. The first kappa shape index (κ1) is 19.4. The molecule has 7 nitrogen and oxygen atoms in total. The number of rotatable bonds is 5. The summed E-state index contributed by atoms with van der Waals surface area (Å²) in [6.45, 7) is 4.21. The van der Waals surface area contributed by atoms with Crippen molar-refractivity contribution in [2.75, 3.05) is 50.1 Å². The third kappa shape index (κ3) is 3.80. The Morgan fingerprint density at radius 1 is 0.871 bits per heavy atom. The Morgan fingerprint density at radius 3 is 2.45 bits per heavy atom. The molecule has 4 aromatic rings. The van der Waals surface area contributed by atoms with Crippen molar-refractivity contribution in [3.63, 3.8) is 0 Å². The summed E-state index contributed by atoms with van der Waals surface area (Å²) in [6.07, 6.45) is 3.60. The second-order valence-electron chi connectivity index (χ2n) is 7.75. The first-order chi connectivity index (χ1) is 15.2. The van der Waals surface area contributed by atoms with Crippen molar-refractivity contribution in [1.29, 1.82) is 0 Å². The third-order valence-electron chi connectivity index (χ3n) is 5.79. The standard InChI is InChI=1S/C24H26N6O/c1-27-14-16-28(17-15-27)20-4-3-5-21(18-20)29(19-6-8-22(31-2)9-7-19)24-11-12-25-23-10-13-26-30(23)24/h3-13,18H,14-17H2,1-2H3. The first-order valence-corrected chi connectivity index (χ1v) is 10.5. The number of ether oxygens (including phenoxy) is 1. The quantitative estimate of drug-likeness (QED) is 0.493. The van der Waals surface area contributed by atoms with Gasteiger partial charge in [0.05, 0.1) is 13.3 Å². The highest BCUT2D eigenvalue weighted by atomic mass is 16.5. The average Bonchev–Trinajstić information content (AvgIpc) is 3.30. The van der Waals surface area contributed by atoms with Gasteiger partial charge in [-0.1, -0.05) is 6.07 Å². The summed E-state index contributed by atoms with van der Waals surface area (Å²) in [6, 6.07) is 20.7. The molecule has 2 aromatic heterocycles. The van der Waals surface area contributed by atoms with Crippen molar-refractivity contribution < 1.29 is 4.74 Å². The van der Waals surface area contributed by atoms with Crippen LogP contribution in [0.25, 0.3) is 5.65 Å². The zero-order valence-corrected chi connectivity index (χ0v) is 17.8. The largest absolute Gasteiger partial charge is 0.497 e. The normalized spacial score (nSPS) is 14.7. The lowest BCUT2D eigenvalue weighted by molar-refractivity contribution is 0.313. The van der Waals surface area contributed by atoms with Crippen LogP contribution in [0.5, 0.6) is 5.75 Å². The highest BCUT2D eigenvalue weighted by Crippen LogP contribution is 2.36. The van der Waals surface area contributed by atoms with Gasteiger partial charge in [-0.2, -0.15) is 9.61 Å². The maximum atomic E-state index is 5.37. The van der Waals surface area contributed by atoms with Gasteiger partial charge in [0.15, 0.2) is 5.65 Å². The number of methoxy groups -OCH3 is 1. The van der Waals surface area contributed by atoms with E-state index in [0.29, 0.717) is 0 Å². The van der Waals surface area contributed by atoms with Crippen LogP contribution in [-0.4, -0.2) is 59.8 Å². The Bertz CT molecular complexity index is 1160. The molecule has 0 unspecified atom stereocenters. The zero-order valence-electron chi connectivity index (χ0n) is 17.8. The van der Waals surface area contributed by atoms with Crippen molar-refractivity contribution in [1.82, 2.24) is 19.5 Å². The first-order valence-electron chi connectivity index (χ1n) is 10.5. The smallest absolute Gasteiger partial charge is 0.157 e. The second kappa shape index (κ2) is 8.28. The molecule has 3 heterocycles. The molecular weight excluding hydrogens is 388 g/mol. The van der Waals surface area contributed by atoms with Gasteiger partial charge in [-0.25, -0.2) is 4.98 Å². The van der Waals surface area contributed by atoms with E-state index in [1.807, 2.05) is 35.0 Å². The minimum absolute atomic E-state index is 0.811. The van der Waals surface area contributed by atoms with Crippen LogP contribution in [0.2, 0.25) is 0 Å². The lowest BCUT2D eigenvalue weighted by Crippen LogP contribution is -2.44. The van der Waals surface area contributed by atoms with Gasteiger partial charge in [0.1, 0.15) is 11.6 Å². The van der Waals surface area contributed by atoms with Gasteiger partial charge in [0, 0.05) is 55.5 Å². The Balaban J connectivity index is 1.61. The lowest BCUT2D eigenvalue weighted by Gasteiger charge is -2.35. The summed E-state index contributed by atoms with van der Waals surface area (Å²) in [5, 5.41) is 4.52.